The predicted octanol–water partition coefficient (Wildman–Crippen LogP) is 0.778. The number of amides is 3. The topological polar surface area (TPSA) is 125 Å². The molecule has 4 N–H and O–H groups in total. The van der Waals surface area contributed by atoms with Crippen molar-refractivity contribution in [3.05, 3.63) is 29.8 Å². The van der Waals surface area contributed by atoms with E-state index in [0.29, 0.717) is 5.69 Å². The Hall–Kier alpha value is -2.88. The van der Waals surface area contributed by atoms with E-state index in [1.165, 1.54) is 13.0 Å². The average Bonchev–Trinajstić information content (AvgIpc) is 2.44. The molecular formula is C15H18N4O3. The Morgan fingerprint density at radius 1 is 1.32 bits per heavy atom. The Morgan fingerprint density at radius 2 is 1.95 bits per heavy atom. The average molecular weight is 302 g/mol. The maximum Gasteiger partial charge on any atom is 0.254 e. The van der Waals surface area contributed by atoms with E-state index in [2.05, 4.69) is 10.6 Å². The zero-order chi connectivity index (χ0) is 16.7. The van der Waals surface area contributed by atoms with Gasteiger partial charge in [-0.15, -0.1) is 0 Å². The van der Waals surface area contributed by atoms with Gasteiger partial charge in [-0.25, -0.2) is 0 Å². The van der Waals surface area contributed by atoms with Gasteiger partial charge in [-0.1, -0.05) is 19.1 Å². The second-order valence-electron chi connectivity index (χ2n) is 4.92. The number of rotatable bonds is 6. The summed E-state index contributed by atoms with van der Waals surface area (Å²) in [4.78, 5) is 34.9. The Balaban J connectivity index is 2.98. The van der Waals surface area contributed by atoms with E-state index in [1.807, 2.05) is 6.07 Å². The second kappa shape index (κ2) is 7.78. The number of hydrogen-bond acceptors (Lipinski definition) is 4. The molecule has 1 rings (SSSR count). The molecule has 2 atom stereocenters. The van der Waals surface area contributed by atoms with Crippen molar-refractivity contribution >= 4 is 23.4 Å². The van der Waals surface area contributed by atoms with Crippen LogP contribution in [0.5, 0.6) is 0 Å². The maximum absolute atomic E-state index is 12.3. The van der Waals surface area contributed by atoms with Crippen LogP contribution in [0.1, 0.15) is 30.6 Å². The van der Waals surface area contributed by atoms with Crippen LogP contribution in [0.15, 0.2) is 24.3 Å². The third kappa shape index (κ3) is 4.59. The minimum absolute atomic E-state index is 0.0846. The third-order valence-corrected chi connectivity index (χ3v) is 3.06. The molecule has 0 heterocycles. The largest absolute Gasteiger partial charge is 0.368 e. The molecule has 0 unspecified atom stereocenters. The molecule has 0 spiro atoms. The van der Waals surface area contributed by atoms with Crippen LogP contribution >= 0.6 is 0 Å². The lowest BCUT2D eigenvalue weighted by Crippen LogP contribution is -2.48. The number of hydrogen-bond donors (Lipinski definition) is 3. The second-order valence-corrected chi connectivity index (χ2v) is 4.92. The van der Waals surface area contributed by atoms with E-state index in [9.17, 15) is 14.4 Å². The van der Waals surface area contributed by atoms with E-state index in [1.54, 1.807) is 25.1 Å². The Bertz CT molecular complexity index is 621. The number of anilines is 1. The number of nitrogens with two attached hydrogens (primary N) is 1. The fourth-order valence-corrected chi connectivity index (χ4v) is 1.95. The molecule has 0 aromatic heterocycles. The molecule has 0 aliphatic rings. The van der Waals surface area contributed by atoms with Crippen LogP contribution in [0.2, 0.25) is 0 Å². The highest BCUT2D eigenvalue weighted by molar-refractivity contribution is 6.04. The zero-order valence-electron chi connectivity index (χ0n) is 12.4. The summed E-state index contributed by atoms with van der Waals surface area (Å²) in [6.45, 7) is 2.98. The number of nitriles is 1. The molecule has 0 saturated heterocycles. The molecule has 0 radical (unpaired) electrons. The summed E-state index contributed by atoms with van der Waals surface area (Å²) in [5.41, 5.74) is 5.83. The van der Waals surface area contributed by atoms with Gasteiger partial charge in [0, 0.05) is 13.3 Å². The summed E-state index contributed by atoms with van der Waals surface area (Å²) >= 11 is 0. The number of carbonyl (C=O) groups excluding carboxylic acids is 3. The van der Waals surface area contributed by atoms with Crippen molar-refractivity contribution in [3.8, 4) is 6.07 Å². The molecule has 1 aromatic rings. The molecule has 0 bridgehead atoms. The Morgan fingerprint density at radius 3 is 2.50 bits per heavy atom. The van der Waals surface area contributed by atoms with Crippen molar-refractivity contribution in [3.63, 3.8) is 0 Å². The molecule has 7 nitrogen and oxygen atoms in total. The number of nitrogens with zero attached hydrogens (tertiary/aromatic N) is 1. The van der Waals surface area contributed by atoms with Crippen LogP contribution in [-0.2, 0) is 9.59 Å². The smallest absolute Gasteiger partial charge is 0.254 e. The maximum atomic E-state index is 12.3. The van der Waals surface area contributed by atoms with Gasteiger partial charge in [0.2, 0.25) is 11.8 Å². The van der Waals surface area contributed by atoms with E-state index >= 15 is 0 Å². The van der Waals surface area contributed by atoms with Gasteiger partial charge >= 0.3 is 0 Å². The van der Waals surface area contributed by atoms with Crippen molar-refractivity contribution in [2.45, 2.75) is 26.3 Å². The van der Waals surface area contributed by atoms with Crippen LogP contribution in [0.4, 0.5) is 5.69 Å². The first kappa shape index (κ1) is 17.2. The summed E-state index contributed by atoms with van der Waals surface area (Å²) in [5, 5.41) is 13.8. The van der Waals surface area contributed by atoms with E-state index in [-0.39, 0.29) is 17.9 Å². The predicted molar refractivity (Wildman–Crippen MR) is 80.6 cm³/mol. The Labute approximate surface area is 128 Å². The summed E-state index contributed by atoms with van der Waals surface area (Å²) in [5.74, 6) is -1.99. The fourth-order valence-electron chi connectivity index (χ4n) is 1.95. The number of nitrogens with one attached hydrogen (secondary N) is 2. The molecule has 22 heavy (non-hydrogen) atoms. The Kier molecular flexibility index (Phi) is 6.08. The molecule has 0 aliphatic heterocycles. The lowest BCUT2D eigenvalue weighted by Gasteiger charge is -2.21. The van der Waals surface area contributed by atoms with E-state index in [0.717, 1.165) is 0 Å². The van der Waals surface area contributed by atoms with Crippen molar-refractivity contribution in [2.75, 3.05) is 5.32 Å². The summed E-state index contributed by atoms with van der Waals surface area (Å²) in [6, 6.07) is 7.39. The number of para-hydroxylation sites is 1. The van der Waals surface area contributed by atoms with Gasteiger partial charge in [-0.2, -0.15) is 5.26 Å². The van der Waals surface area contributed by atoms with Crippen LogP contribution in [0.25, 0.3) is 0 Å². The monoisotopic (exact) mass is 302 g/mol. The number of benzene rings is 1. The van der Waals surface area contributed by atoms with Crippen molar-refractivity contribution in [2.24, 2.45) is 11.7 Å². The SMILES string of the molecule is CC(=O)Nc1ccccc1C(=O)N[C@H](C(N)=O)[C@H](C)CC#N. The normalized spacial score (nSPS) is 12.6. The van der Waals surface area contributed by atoms with E-state index < -0.39 is 23.8 Å². The molecule has 3 amide bonds. The highest BCUT2D eigenvalue weighted by Gasteiger charge is 2.26. The minimum Gasteiger partial charge on any atom is -0.368 e. The molecule has 0 saturated carbocycles. The van der Waals surface area contributed by atoms with Crippen LogP contribution in [-0.4, -0.2) is 23.8 Å². The fraction of sp³-hybridized carbons (Fsp3) is 0.333. The molecule has 7 heteroatoms. The minimum atomic E-state index is -0.961. The van der Waals surface area contributed by atoms with Gasteiger partial charge in [0.1, 0.15) is 6.04 Å². The molecular weight excluding hydrogens is 284 g/mol. The highest BCUT2D eigenvalue weighted by atomic mass is 16.2. The summed E-state index contributed by atoms with van der Waals surface area (Å²) < 4.78 is 0. The molecule has 116 valence electrons. The number of primary amides is 1. The van der Waals surface area contributed by atoms with E-state index in [4.69, 9.17) is 11.0 Å². The molecule has 0 fully saturated rings. The first-order chi connectivity index (χ1) is 10.4. The lowest BCUT2D eigenvalue weighted by molar-refractivity contribution is -0.121. The summed E-state index contributed by atoms with van der Waals surface area (Å²) in [7, 11) is 0. The number of carbonyl (C=O) groups is 3. The standard InChI is InChI=1S/C15H18N4O3/c1-9(7-8-16)13(14(17)21)19-15(22)11-5-3-4-6-12(11)18-10(2)20/h3-6,9,13H,7H2,1-2H3,(H2,17,21)(H,18,20)(H,19,22)/t9-,13+/m1/s1. The third-order valence-electron chi connectivity index (χ3n) is 3.06. The zero-order valence-corrected chi connectivity index (χ0v) is 12.4. The van der Waals surface area contributed by atoms with Crippen molar-refractivity contribution < 1.29 is 14.4 Å². The van der Waals surface area contributed by atoms with Gasteiger partial charge in [0.15, 0.2) is 0 Å². The molecule has 1 aromatic carbocycles. The summed E-state index contributed by atoms with van der Waals surface area (Å²) in [6.07, 6.45) is 0.0846. The quantitative estimate of drug-likeness (QED) is 0.717. The highest BCUT2D eigenvalue weighted by Crippen LogP contribution is 2.16. The first-order valence-corrected chi connectivity index (χ1v) is 6.70. The van der Waals surface area contributed by atoms with Crippen LogP contribution in [0.3, 0.4) is 0 Å². The van der Waals surface area contributed by atoms with Crippen LogP contribution in [0, 0.1) is 17.2 Å². The van der Waals surface area contributed by atoms with Crippen LogP contribution < -0.4 is 16.4 Å². The van der Waals surface area contributed by atoms with Crippen molar-refractivity contribution in [1.29, 1.82) is 5.26 Å². The van der Waals surface area contributed by atoms with Crippen molar-refractivity contribution in [1.82, 2.24) is 5.32 Å². The van der Waals surface area contributed by atoms with Gasteiger partial charge < -0.3 is 16.4 Å². The van der Waals surface area contributed by atoms with Gasteiger partial charge in [-0.3, -0.25) is 14.4 Å². The van der Waals surface area contributed by atoms with Gasteiger partial charge in [-0.05, 0) is 18.1 Å². The van der Waals surface area contributed by atoms with Gasteiger partial charge in [0.05, 0.1) is 17.3 Å². The van der Waals surface area contributed by atoms with Gasteiger partial charge in [0.25, 0.3) is 5.91 Å². The first-order valence-electron chi connectivity index (χ1n) is 6.70. The lowest BCUT2D eigenvalue weighted by atomic mass is 9.98. The molecule has 0 aliphatic carbocycles.